The Bertz CT molecular complexity index is 1380. The van der Waals surface area contributed by atoms with Gasteiger partial charge in [0.15, 0.2) is 5.65 Å². The Morgan fingerprint density at radius 1 is 1.03 bits per heavy atom. The minimum atomic E-state index is -3.86. The zero-order chi connectivity index (χ0) is 20.6. The minimum Gasteiger partial charge on any atom is -0.267 e. The number of para-hydroxylation sites is 1. The number of nitrogens with zero attached hydrogens (tertiary/aromatic N) is 4. The van der Waals surface area contributed by atoms with Gasteiger partial charge in [0.2, 0.25) is 10.0 Å². The molecule has 2 heterocycles. The minimum absolute atomic E-state index is 0.123. The number of nitrogens with one attached hydrogen (secondary N) is 1. The third-order valence-corrected chi connectivity index (χ3v) is 5.09. The molecule has 11 heteroatoms. The van der Waals surface area contributed by atoms with E-state index in [0.29, 0.717) is 5.65 Å². The number of amides is 1. The summed E-state index contributed by atoms with van der Waals surface area (Å²) in [6.07, 6.45) is 2.56. The van der Waals surface area contributed by atoms with Crippen molar-refractivity contribution in [2.45, 2.75) is 4.90 Å². The standard InChI is InChI=1S/C18H14N6O4S/c19-29(27,28)14-8-6-12(7-9-14)17(25)22-23-11-20-16-15(18(23)26)10-21-24(16)13-4-2-1-3-5-13/h1-11H,(H,22,25)(H2,19,27,28). The topological polar surface area (TPSA) is 142 Å². The van der Waals surface area contributed by atoms with Gasteiger partial charge in [-0.25, -0.2) is 27.9 Å². The number of rotatable bonds is 4. The zero-order valence-corrected chi connectivity index (χ0v) is 15.6. The summed E-state index contributed by atoms with van der Waals surface area (Å²) in [5, 5.41) is 9.45. The molecular weight excluding hydrogens is 396 g/mol. The van der Waals surface area contributed by atoms with Gasteiger partial charge >= 0.3 is 0 Å². The molecule has 0 unspecified atom stereocenters. The van der Waals surface area contributed by atoms with Crippen LogP contribution in [0.4, 0.5) is 0 Å². The van der Waals surface area contributed by atoms with Gasteiger partial charge in [-0.05, 0) is 36.4 Å². The van der Waals surface area contributed by atoms with Crippen LogP contribution in [0.2, 0.25) is 0 Å². The van der Waals surface area contributed by atoms with E-state index in [9.17, 15) is 18.0 Å². The van der Waals surface area contributed by atoms with Crippen molar-refractivity contribution in [3.63, 3.8) is 0 Å². The third-order valence-electron chi connectivity index (χ3n) is 4.16. The van der Waals surface area contributed by atoms with Crippen LogP contribution in [0.25, 0.3) is 16.7 Å². The molecule has 2 aromatic heterocycles. The number of fused-ring (bicyclic) bond motifs is 1. The average molecular weight is 410 g/mol. The SMILES string of the molecule is NS(=O)(=O)c1ccc(C(=O)Nn2cnc3c(cnn3-c3ccccc3)c2=O)cc1. The molecule has 0 bridgehead atoms. The van der Waals surface area contributed by atoms with E-state index in [1.807, 2.05) is 30.3 Å². The highest BCUT2D eigenvalue weighted by Crippen LogP contribution is 2.13. The van der Waals surface area contributed by atoms with Gasteiger partial charge in [-0.1, -0.05) is 18.2 Å². The highest BCUT2D eigenvalue weighted by atomic mass is 32.2. The second-order valence-corrected chi connectivity index (χ2v) is 7.62. The van der Waals surface area contributed by atoms with Gasteiger partial charge in [0, 0.05) is 5.56 Å². The molecular formula is C18H14N6O4S. The summed E-state index contributed by atoms with van der Waals surface area (Å²) >= 11 is 0. The van der Waals surface area contributed by atoms with Crippen molar-refractivity contribution in [1.29, 1.82) is 0 Å². The molecule has 10 nitrogen and oxygen atoms in total. The maximum atomic E-state index is 12.7. The molecule has 3 N–H and O–H groups in total. The predicted molar refractivity (Wildman–Crippen MR) is 105 cm³/mol. The van der Waals surface area contributed by atoms with Gasteiger partial charge in [0.1, 0.15) is 11.7 Å². The summed E-state index contributed by atoms with van der Waals surface area (Å²) in [7, 11) is -3.86. The Labute approximate surface area is 164 Å². The van der Waals surface area contributed by atoms with E-state index in [1.165, 1.54) is 41.5 Å². The fourth-order valence-corrected chi connectivity index (χ4v) is 3.23. The smallest absolute Gasteiger partial charge is 0.267 e. The lowest BCUT2D eigenvalue weighted by molar-refractivity contribution is 0.101. The lowest BCUT2D eigenvalue weighted by atomic mass is 10.2. The second kappa shape index (κ2) is 6.96. The highest BCUT2D eigenvalue weighted by molar-refractivity contribution is 7.89. The normalized spacial score (nSPS) is 11.5. The maximum Gasteiger partial charge on any atom is 0.283 e. The van der Waals surface area contributed by atoms with E-state index >= 15 is 0 Å². The molecule has 146 valence electrons. The molecule has 0 saturated carbocycles. The van der Waals surface area contributed by atoms with Crippen LogP contribution in [0.3, 0.4) is 0 Å². The Morgan fingerprint density at radius 3 is 2.38 bits per heavy atom. The van der Waals surface area contributed by atoms with Gasteiger partial charge in [-0.3, -0.25) is 15.0 Å². The van der Waals surface area contributed by atoms with E-state index in [2.05, 4.69) is 15.5 Å². The van der Waals surface area contributed by atoms with Gasteiger partial charge in [-0.2, -0.15) is 5.10 Å². The average Bonchev–Trinajstić information content (AvgIpc) is 3.15. The number of aromatic nitrogens is 4. The summed E-state index contributed by atoms with van der Waals surface area (Å²) < 4.78 is 25.1. The van der Waals surface area contributed by atoms with E-state index in [0.717, 1.165) is 10.4 Å². The van der Waals surface area contributed by atoms with Gasteiger partial charge in [-0.15, -0.1) is 0 Å². The Morgan fingerprint density at radius 2 is 1.72 bits per heavy atom. The van der Waals surface area contributed by atoms with Crippen LogP contribution in [0.5, 0.6) is 0 Å². The summed E-state index contributed by atoms with van der Waals surface area (Å²) in [6.45, 7) is 0. The van der Waals surface area contributed by atoms with E-state index in [4.69, 9.17) is 5.14 Å². The van der Waals surface area contributed by atoms with Crippen molar-refractivity contribution >= 4 is 27.0 Å². The first kappa shape index (κ1) is 18.5. The summed E-state index contributed by atoms with van der Waals surface area (Å²) in [5.41, 5.74) is 3.14. The van der Waals surface area contributed by atoms with Crippen molar-refractivity contribution in [2.75, 3.05) is 5.43 Å². The summed E-state index contributed by atoms with van der Waals surface area (Å²) in [6, 6.07) is 14.2. The first-order valence-corrected chi connectivity index (χ1v) is 9.84. The number of hydrogen-bond acceptors (Lipinski definition) is 6. The van der Waals surface area contributed by atoms with Crippen molar-refractivity contribution < 1.29 is 13.2 Å². The highest BCUT2D eigenvalue weighted by Gasteiger charge is 2.14. The molecule has 0 spiro atoms. The Hall–Kier alpha value is -3.83. The summed E-state index contributed by atoms with van der Waals surface area (Å²) in [4.78, 5) is 29.2. The lowest BCUT2D eigenvalue weighted by Gasteiger charge is -2.08. The fraction of sp³-hybridized carbons (Fsp3) is 0. The molecule has 1 amide bonds. The van der Waals surface area contributed by atoms with Crippen LogP contribution in [0.15, 0.2) is 76.8 Å². The van der Waals surface area contributed by atoms with Crippen LogP contribution in [-0.4, -0.2) is 33.8 Å². The van der Waals surface area contributed by atoms with Gasteiger partial charge in [0.25, 0.3) is 11.5 Å². The third kappa shape index (κ3) is 3.51. The number of benzene rings is 2. The molecule has 0 aliphatic heterocycles. The first-order chi connectivity index (χ1) is 13.8. The van der Waals surface area contributed by atoms with Crippen LogP contribution in [0, 0.1) is 0 Å². The van der Waals surface area contributed by atoms with E-state index < -0.39 is 21.5 Å². The lowest BCUT2D eigenvalue weighted by Crippen LogP contribution is -2.33. The van der Waals surface area contributed by atoms with Crippen LogP contribution in [-0.2, 0) is 10.0 Å². The molecule has 4 rings (SSSR count). The quantitative estimate of drug-likeness (QED) is 0.505. The Balaban J connectivity index is 1.64. The van der Waals surface area contributed by atoms with Gasteiger partial charge in [0.05, 0.1) is 16.8 Å². The monoisotopic (exact) mass is 410 g/mol. The van der Waals surface area contributed by atoms with E-state index in [-0.39, 0.29) is 15.8 Å². The number of carbonyl (C=O) groups excluding carboxylic acids is 1. The van der Waals surface area contributed by atoms with Crippen LogP contribution in [0.1, 0.15) is 10.4 Å². The van der Waals surface area contributed by atoms with Crippen LogP contribution < -0.4 is 16.1 Å². The molecule has 29 heavy (non-hydrogen) atoms. The van der Waals surface area contributed by atoms with E-state index in [1.54, 1.807) is 0 Å². The molecule has 0 radical (unpaired) electrons. The van der Waals surface area contributed by atoms with Gasteiger partial charge < -0.3 is 0 Å². The van der Waals surface area contributed by atoms with Crippen LogP contribution >= 0.6 is 0 Å². The Kier molecular flexibility index (Phi) is 4.45. The molecule has 0 aliphatic carbocycles. The maximum absolute atomic E-state index is 12.7. The van der Waals surface area contributed by atoms with Crippen molar-refractivity contribution in [2.24, 2.45) is 5.14 Å². The number of carbonyl (C=O) groups is 1. The molecule has 0 saturated heterocycles. The second-order valence-electron chi connectivity index (χ2n) is 6.06. The molecule has 4 aromatic rings. The summed E-state index contributed by atoms with van der Waals surface area (Å²) in [5.74, 6) is -0.621. The largest absolute Gasteiger partial charge is 0.283 e. The fourth-order valence-electron chi connectivity index (χ4n) is 2.72. The molecule has 0 fully saturated rings. The molecule has 2 aromatic carbocycles. The molecule has 0 aliphatic rings. The first-order valence-electron chi connectivity index (χ1n) is 8.29. The number of primary sulfonamides is 1. The van der Waals surface area contributed by atoms with Crippen molar-refractivity contribution in [1.82, 2.24) is 19.4 Å². The molecule has 0 atom stereocenters. The zero-order valence-electron chi connectivity index (χ0n) is 14.8. The number of sulfonamides is 1. The van der Waals surface area contributed by atoms with Crippen molar-refractivity contribution in [3.05, 3.63) is 83.0 Å². The predicted octanol–water partition coefficient (Wildman–Crippen LogP) is 0.613. The number of nitrogens with two attached hydrogens (primary N) is 1. The number of hydrogen-bond donors (Lipinski definition) is 2. The van der Waals surface area contributed by atoms with Crippen molar-refractivity contribution in [3.8, 4) is 5.69 Å².